The van der Waals surface area contributed by atoms with E-state index < -0.39 is 12.6 Å². The number of carboxylic acids is 1. The second-order valence-corrected chi connectivity index (χ2v) is 1.33. The highest BCUT2D eigenvalue weighted by molar-refractivity contribution is 5.67. The highest BCUT2D eigenvalue weighted by Crippen LogP contribution is 1.53. The average molecular weight is 151 g/mol. The minimum absolute atomic E-state index is 0.622. The van der Waals surface area contributed by atoms with E-state index in [1.165, 1.54) is 0 Å². The molecule has 0 atom stereocenters. The highest BCUT2D eigenvalue weighted by atomic mass is 16.5. The molecule has 0 aromatic heterocycles. The molecule has 0 aliphatic carbocycles. The van der Waals surface area contributed by atoms with Gasteiger partial charge in [-0.2, -0.15) is 0 Å². The van der Waals surface area contributed by atoms with E-state index >= 15 is 0 Å². The zero-order valence-electron chi connectivity index (χ0n) is 5.91. The number of aliphatic carboxylic acids is 1. The van der Waals surface area contributed by atoms with Gasteiger partial charge in [-0.25, -0.2) is 4.79 Å². The molecule has 0 aromatic carbocycles. The Hall–Kier alpha value is -0.650. The zero-order chi connectivity index (χ0) is 8.41. The Kier molecular flexibility index (Phi) is 13.5. The van der Waals surface area contributed by atoms with Gasteiger partial charge in [0.15, 0.2) is 0 Å². The summed E-state index contributed by atoms with van der Waals surface area (Å²) in [6.07, 6.45) is 0. The molecular formula is C5H13NO4. The molecule has 0 radical (unpaired) electrons. The number of ether oxygens (including phenoxy) is 1. The van der Waals surface area contributed by atoms with Crippen LogP contribution < -0.4 is 5.73 Å². The SMILES string of the molecule is COCCN.O=C(O)CO. The summed E-state index contributed by atoms with van der Waals surface area (Å²) in [5.74, 6) is -1.19. The van der Waals surface area contributed by atoms with Crippen LogP contribution >= 0.6 is 0 Å². The van der Waals surface area contributed by atoms with Gasteiger partial charge in [-0.3, -0.25) is 0 Å². The summed E-state index contributed by atoms with van der Waals surface area (Å²) in [5, 5.41) is 15.0. The fourth-order valence-electron chi connectivity index (χ4n) is 0.118. The molecule has 10 heavy (non-hydrogen) atoms. The third-order valence-electron chi connectivity index (χ3n) is 0.457. The van der Waals surface area contributed by atoms with Gasteiger partial charge < -0.3 is 20.7 Å². The number of carboxylic acid groups (broad SMARTS) is 1. The van der Waals surface area contributed by atoms with Gasteiger partial charge in [0.05, 0.1) is 6.61 Å². The van der Waals surface area contributed by atoms with Gasteiger partial charge in [0.1, 0.15) is 6.61 Å². The summed E-state index contributed by atoms with van der Waals surface area (Å²) in [7, 11) is 1.63. The number of hydrogen-bond donors (Lipinski definition) is 3. The molecule has 0 bridgehead atoms. The first-order valence-electron chi connectivity index (χ1n) is 2.70. The molecule has 0 fully saturated rings. The molecule has 5 nitrogen and oxygen atoms in total. The number of hydrogen-bond acceptors (Lipinski definition) is 4. The molecule has 0 amide bonds. The Morgan fingerprint density at radius 3 is 2.10 bits per heavy atom. The third kappa shape index (κ3) is 26.4. The van der Waals surface area contributed by atoms with Crippen molar-refractivity contribution in [2.45, 2.75) is 0 Å². The van der Waals surface area contributed by atoms with E-state index in [1.54, 1.807) is 7.11 Å². The van der Waals surface area contributed by atoms with Crippen molar-refractivity contribution < 1.29 is 19.7 Å². The van der Waals surface area contributed by atoms with E-state index in [9.17, 15) is 0 Å². The lowest BCUT2D eigenvalue weighted by atomic mass is 10.7. The molecule has 0 heterocycles. The van der Waals surface area contributed by atoms with Crippen LogP contribution in [0.25, 0.3) is 0 Å². The minimum Gasteiger partial charge on any atom is -0.480 e. The van der Waals surface area contributed by atoms with Crippen LogP contribution in [0.5, 0.6) is 0 Å². The van der Waals surface area contributed by atoms with Crippen LogP contribution in [0, 0.1) is 0 Å². The Labute approximate surface area is 59.4 Å². The summed E-state index contributed by atoms with van der Waals surface area (Å²) in [6, 6.07) is 0. The van der Waals surface area contributed by atoms with Crippen LogP contribution in [0.15, 0.2) is 0 Å². The van der Waals surface area contributed by atoms with E-state index in [0.717, 1.165) is 0 Å². The number of aliphatic hydroxyl groups is 1. The van der Waals surface area contributed by atoms with Crippen molar-refractivity contribution in [3.05, 3.63) is 0 Å². The molecule has 0 aliphatic heterocycles. The molecule has 0 unspecified atom stereocenters. The first-order chi connectivity index (χ1) is 4.68. The molecule has 0 saturated heterocycles. The topological polar surface area (TPSA) is 92.8 Å². The van der Waals surface area contributed by atoms with Crippen LogP contribution in [0.4, 0.5) is 0 Å². The van der Waals surface area contributed by atoms with Gasteiger partial charge in [0, 0.05) is 13.7 Å². The minimum atomic E-state index is -1.19. The van der Waals surface area contributed by atoms with Crippen LogP contribution in [-0.4, -0.2) is 43.1 Å². The normalized spacial score (nSPS) is 7.90. The predicted octanol–water partition coefficient (Wildman–Crippen LogP) is -1.35. The predicted molar refractivity (Wildman–Crippen MR) is 35.7 cm³/mol. The first kappa shape index (κ1) is 12.1. The largest absolute Gasteiger partial charge is 0.480 e. The zero-order valence-corrected chi connectivity index (χ0v) is 5.91. The number of aliphatic hydroxyl groups excluding tert-OH is 1. The van der Waals surface area contributed by atoms with Crippen molar-refractivity contribution in [3.8, 4) is 0 Å². The van der Waals surface area contributed by atoms with E-state index in [4.69, 9.17) is 20.7 Å². The first-order valence-corrected chi connectivity index (χ1v) is 2.70. The van der Waals surface area contributed by atoms with Crippen LogP contribution in [0.3, 0.4) is 0 Å². The smallest absolute Gasteiger partial charge is 0.329 e. The van der Waals surface area contributed by atoms with Crippen molar-refractivity contribution in [1.29, 1.82) is 0 Å². The quantitative estimate of drug-likeness (QED) is 0.464. The van der Waals surface area contributed by atoms with Crippen molar-refractivity contribution >= 4 is 5.97 Å². The maximum atomic E-state index is 9.12. The fourth-order valence-corrected chi connectivity index (χ4v) is 0.118. The summed E-state index contributed by atoms with van der Waals surface area (Å²) in [4.78, 5) is 9.12. The monoisotopic (exact) mass is 151 g/mol. The number of nitrogens with two attached hydrogens (primary N) is 1. The van der Waals surface area contributed by atoms with Crippen LogP contribution in [-0.2, 0) is 9.53 Å². The lowest BCUT2D eigenvalue weighted by Gasteiger charge is -1.85. The highest BCUT2D eigenvalue weighted by Gasteiger charge is 1.82. The lowest BCUT2D eigenvalue weighted by molar-refractivity contribution is -0.140. The van der Waals surface area contributed by atoms with Crippen LogP contribution in [0.2, 0.25) is 0 Å². The molecular weight excluding hydrogens is 138 g/mol. The van der Waals surface area contributed by atoms with Gasteiger partial charge in [-0.15, -0.1) is 0 Å². The Balaban J connectivity index is 0. The second kappa shape index (κ2) is 11.2. The molecule has 0 aliphatic rings. The summed E-state index contributed by atoms with van der Waals surface area (Å²) < 4.78 is 4.57. The summed E-state index contributed by atoms with van der Waals surface area (Å²) in [5.41, 5.74) is 5.01. The molecule has 0 aromatic rings. The Bertz CT molecular complexity index is 74.0. The van der Waals surface area contributed by atoms with E-state index in [1.807, 2.05) is 0 Å². The van der Waals surface area contributed by atoms with E-state index in [-0.39, 0.29) is 0 Å². The maximum Gasteiger partial charge on any atom is 0.329 e. The molecule has 5 heteroatoms. The summed E-state index contributed by atoms with van der Waals surface area (Å²) in [6.45, 7) is 0.510. The van der Waals surface area contributed by atoms with E-state index in [0.29, 0.717) is 13.2 Å². The molecule has 0 saturated carbocycles. The average Bonchev–Trinajstić information content (AvgIpc) is 1.91. The number of methoxy groups -OCH3 is 1. The van der Waals surface area contributed by atoms with Gasteiger partial charge in [-0.1, -0.05) is 0 Å². The van der Waals surface area contributed by atoms with Gasteiger partial charge in [-0.05, 0) is 0 Å². The van der Waals surface area contributed by atoms with Crippen molar-refractivity contribution in [2.24, 2.45) is 5.73 Å². The van der Waals surface area contributed by atoms with Crippen LogP contribution in [0.1, 0.15) is 0 Å². The Morgan fingerprint density at radius 2 is 2.10 bits per heavy atom. The van der Waals surface area contributed by atoms with Gasteiger partial charge in [0.2, 0.25) is 0 Å². The fraction of sp³-hybridized carbons (Fsp3) is 0.800. The van der Waals surface area contributed by atoms with Crippen molar-refractivity contribution in [2.75, 3.05) is 26.9 Å². The molecule has 62 valence electrons. The molecule has 4 N–H and O–H groups in total. The lowest BCUT2D eigenvalue weighted by Crippen LogP contribution is -2.05. The third-order valence-corrected chi connectivity index (χ3v) is 0.457. The van der Waals surface area contributed by atoms with E-state index in [2.05, 4.69) is 4.74 Å². The standard InChI is InChI=1S/C3H9NO.C2H4O3/c1-5-3-2-4;3-1-2(4)5/h2-4H2,1H3;3H,1H2,(H,4,5). The van der Waals surface area contributed by atoms with Gasteiger partial charge >= 0.3 is 5.97 Å². The summed E-state index contributed by atoms with van der Waals surface area (Å²) >= 11 is 0. The maximum absolute atomic E-state index is 9.12. The van der Waals surface area contributed by atoms with Crippen molar-refractivity contribution in [3.63, 3.8) is 0 Å². The van der Waals surface area contributed by atoms with Gasteiger partial charge in [0.25, 0.3) is 0 Å². The van der Waals surface area contributed by atoms with Crippen molar-refractivity contribution in [1.82, 2.24) is 0 Å². The molecule has 0 spiro atoms. The number of rotatable bonds is 3. The molecule has 0 rings (SSSR count). The number of carbonyl (C=O) groups is 1. The Morgan fingerprint density at radius 1 is 1.70 bits per heavy atom. The second-order valence-electron chi connectivity index (χ2n) is 1.33.